The predicted molar refractivity (Wildman–Crippen MR) is 41.1 cm³/mol. The SMILES string of the molecule is [2H]C([2H])([2H])CC(=O)c1n[nH]c(=O)cc1O. The van der Waals surface area contributed by atoms with Crippen LogP contribution >= 0.6 is 0 Å². The monoisotopic (exact) mass is 171 g/mol. The van der Waals surface area contributed by atoms with Crippen LogP contribution in [0.5, 0.6) is 5.75 Å². The van der Waals surface area contributed by atoms with Crippen LogP contribution in [0.15, 0.2) is 10.9 Å². The Hall–Kier alpha value is -1.65. The maximum absolute atomic E-state index is 11.3. The van der Waals surface area contributed by atoms with Gasteiger partial charge in [0.2, 0.25) is 0 Å². The summed E-state index contributed by atoms with van der Waals surface area (Å²) in [6.07, 6.45) is -0.737. The number of nitrogens with one attached hydrogen (secondary N) is 1. The molecule has 5 heteroatoms. The van der Waals surface area contributed by atoms with Gasteiger partial charge in [0.05, 0.1) is 0 Å². The van der Waals surface area contributed by atoms with Crippen LogP contribution in [0.1, 0.15) is 27.9 Å². The molecule has 0 bridgehead atoms. The van der Waals surface area contributed by atoms with Crippen molar-refractivity contribution in [3.05, 3.63) is 22.1 Å². The molecule has 0 atom stereocenters. The molecule has 0 unspecified atom stereocenters. The van der Waals surface area contributed by atoms with Crippen LogP contribution in [0, 0.1) is 0 Å². The molecule has 1 heterocycles. The highest BCUT2D eigenvalue weighted by Crippen LogP contribution is 2.10. The Morgan fingerprint density at radius 1 is 1.92 bits per heavy atom. The number of hydrogen-bond acceptors (Lipinski definition) is 4. The van der Waals surface area contributed by atoms with E-state index in [0.29, 0.717) is 0 Å². The summed E-state index contributed by atoms with van der Waals surface area (Å²) in [4.78, 5) is 21.9. The number of ketones is 1. The first-order valence-corrected chi connectivity index (χ1v) is 3.11. The zero-order valence-corrected chi connectivity index (χ0v) is 6.00. The van der Waals surface area contributed by atoms with Gasteiger partial charge in [-0.3, -0.25) is 9.59 Å². The topological polar surface area (TPSA) is 83.0 Å². The number of aromatic nitrogens is 2. The summed E-state index contributed by atoms with van der Waals surface area (Å²) in [5.41, 5.74) is -1.11. The van der Waals surface area contributed by atoms with Crippen LogP contribution in [0.4, 0.5) is 0 Å². The molecule has 0 saturated carbocycles. The lowest BCUT2D eigenvalue weighted by molar-refractivity contribution is 0.0979. The second-order valence-corrected chi connectivity index (χ2v) is 2.07. The average Bonchev–Trinajstić information content (AvgIpc) is 1.99. The molecule has 2 N–H and O–H groups in total. The normalized spacial score (nSPS) is 14.5. The predicted octanol–water partition coefficient (Wildman–Crippen LogP) is 0.0682. The summed E-state index contributed by atoms with van der Waals surface area (Å²) in [7, 11) is 0. The van der Waals surface area contributed by atoms with Crippen LogP contribution < -0.4 is 5.56 Å². The van der Waals surface area contributed by atoms with E-state index in [1.807, 2.05) is 5.10 Å². The van der Waals surface area contributed by atoms with Crippen molar-refractivity contribution in [1.82, 2.24) is 10.2 Å². The summed E-state index contributed by atoms with van der Waals surface area (Å²) in [6, 6.07) is 0.764. The van der Waals surface area contributed by atoms with Gasteiger partial charge in [-0.15, -0.1) is 0 Å². The van der Waals surface area contributed by atoms with Gasteiger partial charge in [-0.2, -0.15) is 5.10 Å². The number of carbonyl (C=O) groups is 1. The number of Topliss-reactive ketones (excluding diaryl/α,β-unsaturated/α-hetero) is 1. The smallest absolute Gasteiger partial charge is 0.267 e. The van der Waals surface area contributed by atoms with E-state index in [-0.39, 0.29) is 0 Å². The first-order chi connectivity index (χ1) is 6.79. The fourth-order valence-electron chi connectivity index (χ4n) is 0.682. The Labute approximate surface area is 72.3 Å². The standard InChI is InChI=1S/C7H8N2O3/c1-2-4(10)7-5(11)3-6(12)8-9-7/h3H,2H2,1H3,(H2,8,11,12)/i1D3. The van der Waals surface area contributed by atoms with Gasteiger partial charge in [-0.25, -0.2) is 5.10 Å². The number of carbonyl (C=O) groups excluding carboxylic acids is 1. The van der Waals surface area contributed by atoms with Crippen LogP contribution in [0.25, 0.3) is 0 Å². The summed E-state index contributed by atoms with van der Waals surface area (Å²) in [5.74, 6) is -1.46. The van der Waals surface area contributed by atoms with E-state index >= 15 is 0 Å². The van der Waals surface area contributed by atoms with Crippen molar-refractivity contribution >= 4 is 5.78 Å². The summed E-state index contributed by atoms with van der Waals surface area (Å²) < 4.78 is 20.6. The lowest BCUT2D eigenvalue weighted by atomic mass is 10.2. The van der Waals surface area contributed by atoms with Crippen molar-refractivity contribution in [2.75, 3.05) is 0 Å². The molecule has 5 nitrogen and oxygen atoms in total. The molecule has 0 aliphatic carbocycles. The fourth-order valence-corrected chi connectivity index (χ4v) is 0.682. The largest absolute Gasteiger partial charge is 0.505 e. The fraction of sp³-hybridized carbons (Fsp3) is 0.286. The number of aromatic amines is 1. The van der Waals surface area contributed by atoms with Crippen LogP contribution in [-0.4, -0.2) is 21.1 Å². The number of rotatable bonds is 2. The number of hydrogen-bond donors (Lipinski definition) is 2. The van der Waals surface area contributed by atoms with Crippen LogP contribution in [0.2, 0.25) is 0 Å². The van der Waals surface area contributed by atoms with Crippen molar-refractivity contribution in [2.45, 2.75) is 13.3 Å². The van der Waals surface area contributed by atoms with Gasteiger partial charge in [-0.1, -0.05) is 6.85 Å². The van der Waals surface area contributed by atoms with Crippen molar-refractivity contribution in [2.24, 2.45) is 0 Å². The van der Waals surface area contributed by atoms with Crippen molar-refractivity contribution in [3.8, 4) is 5.75 Å². The average molecular weight is 171 g/mol. The highest BCUT2D eigenvalue weighted by Gasteiger charge is 2.10. The Balaban J connectivity index is 2.97. The van der Waals surface area contributed by atoms with Crippen molar-refractivity contribution in [3.63, 3.8) is 0 Å². The molecule has 0 saturated heterocycles. The van der Waals surface area contributed by atoms with Crippen molar-refractivity contribution < 1.29 is 14.0 Å². The van der Waals surface area contributed by atoms with E-state index in [2.05, 4.69) is 5.10 Å². The number of aromatic hydroxyl groups is 1. The van der Waals surface area contributed by atoms with Crippen LogP contribution in [0.3, 0.4) is 0 Å². The van der Waals surface area contributed by atoms with Crippen molar-refractivity contribution in [1.29, 1.82) is 0 Å². The second kappa shape index (κ2) is 3.17. The number of H-pyrrole nitrogens is 1. The first-order valence-electron chi connectivity index (χ1n) is 4.61. The summed E-state index contributed by atoms with van der Waals surface area (Å²) in [5, 5.41) is 14.4. The van der Waals surface area contributed by atoms with E-state index in [4.69, 9.17) is 4.11 Å². The molecule has 0 aromatic carbocycles. The molecule has 0 spiro atoms. The third-order valence-electron chi connectivity index (χ3n) is 1.21. The van der Waals surface area contributed by atoms with Gasteiger partial charge in [0.15, 0.2) is 17.2 Å². The summed E-state index contributed by atoms with van der Waals surface area (Å²) >= 11 is 0. The molecule has 0 aliphatic heterocycles. The molecular weight excluding hydrogens is 160 g/mol. The van der Waals surface area contributed by atoms with Gasteiger partial charge in [0.1, 0.15) is 0 Å². The molecule has 1 aromatic rings. The molecule has 64 valence electrons. The minimum absolute atomic E-state index is 0.439. The lowest BCUT2D eigenvalue weighted by Gasteiger charge is -1.97. The van der Waals surface area contributed by atoms with Gasteiger partial charge in [0, 0.05) is 16.6 Å². The first kappa shape index (κ1) is 5.08. The van der Waals surface area contributed by atoms with E-state index in [1.165, 1.54) is 0 Å². The highest BCUT2D eigenvalue weighted by atomic mass is 16.3. The molecule has 0 fully saturated rings. The third kappa shape index (κ3) is 1.50. The molecule has 1 rings (SSSR count). The molecule has 12 heavy (non-hydrogen) atoms. The van der Waals surface area contributed by atoms with Gasteiger partial charge in [0.25, 0.3) is 5.56 Å². The highest BCUT2D eigenvalue weighted by molar-refractivity contribution is 5.96. The lowest BCUT2D eigenvalue weighted by Crippen LogP contribution is -2.11. The molecule has 1 aromatic heterocycles. The van der Waals surface area contributed by atoms with E-state index in [1.54, 1.807) is 0 Å². The Bertz CT molecular complexity index is 438. The minimum Gasteiger partial charge on any atom is -0.505 e. The quantitative estimate of drug-likeness (QED) is 0.617. The van der Waals surface area contributed by atoms with E-state index in [0.717, 1.165) is 6.07 Å². The molecule has 0 amide bonds. The van der Waals surface area contributed by atoms with E-state index in [9.17, 15) is 14.7 Å². The van der Waals surface area contributed by atoms with Gasteiger partial charge < -0.3 is 5.11 Å². The zero-order chi connectivity index (χ0) is 11.6. The Morgan fingerprint density at radius 3 is 3.25 bits per heavy atom. The molecular formula is C7H8N2O3. The van der Waals surface area contributed by atoms with Crippen LogP contribution in [-0.2, 0) is 0 Å². The Kier molecular flexibility index (Phi) is 1.34. The third-order valence-corrected chi connectivity index (χ3v) is 1.21. The second-order valence-electron chi connectivity index (χ2n) is 2.07. The maximum Gasteiger partial charge on any atom is 0.267 e. The van der Waals surface area contributed by atoms with E-state index < -0.39 is 36.1 Å². The van der Waals surface area contributed by atoms with Gasteiger partial charge in [-0.05, 0) is 0 Å². The zero-order valence-electron chi connectivity index (χ0n) is 9.00. The Morgan fingerprint density at radius 2 is 2.67 bits per heavy atom. The molecule has 0 radical (unpaired) electrons. The number of nitrogens with zero attached hydrogens (tertiary/aromatic N) is 1. The van der Waals surface area contributed by atoms with Gasteiger partial charge >= 0.3 is 0 Å². The summed E-state index contributed by atoms with van der Waals surface area (Å²) in [6.45, 7) is -2.43. The molecule has 0 aliphatic rings. The minimum atomic E-state index is -2.43. The maximum atomic E-state index is 11.3.